The molecule has 0 spiro atoms. The lowest BCUT2D eigenvalue weighted by Crippen LogP contribution is -2.16. The molecular weight excluding hydrogens is 122 g/mol. The van der Waals surface area contributed by atoms with Crippen molar-refractivity contribution in [2.45, 2.75) is 33.6 Å². The van der Waals surface area contributed by atoms with Crippen molar-refractivity contribution in [3.8, 4) is 0 Å². The summed E-state index contributed by atoms with van der Waals surface area (Å²) >= 11 is 0. The number of hydrogen-bond acceptors (Lipinski definition) is 1. The van der Waals surface area contributed by atoms with Crippen LogP contribution >= 0.6 is 0 Å². The van der Waals surface area contributed by atoms with E-state index >= 15 is 0 Å². The van der Waals surface area contributed by atoms with Crippen LogP contribution in [0.5, 0.6) is 0 Å². The lowest BCUT2D eigenvalue weighted by molar-refractivity contribution is 0.533. The molecule has 1 heteroatoms. The first-order valence-electron chi connectivity index (χ1n) is 4.33. The van der Waals surface area contributed by atoms with Crippen molar-refractivity contribution in [1.82, 2.24) is 5.32 Å². The van der Waals surface area contributed by atoms with Gasteiger partial charge in [0.25, 0.3) is 0 Å². The SMILES string of the molecule is CC.CCC1C=CNCC1. The summed E-state index contributed by atoms with van der Waals surface area (Å²) in [6.45, 7) is 7.40. The predicted molar refractivity (Wildman–Crippen MR) is 46.9 cm³/mol. The Labute approximate surface area is 64.5 Å². The third-order valence-corrected chi connectivity index (χ3v) is 1.67. The molecule has 0 radical (unpaired) electrons. The largest absolute Gasteiger partial charge is 0.391 e. The molecule has 1 nitrogen and oxygen atoms in total. The second-order valence-electron chi connectivity index (χ2n) is 2.27. The molecule has 1 aliphatic rings. The zero-order valence-corrected chi connectivity index (χ0v) is 7.35. The van der Waals surface area contributed by atoms with Crippen LogP contribution in [0.4, 0.5) is 0 Å². The summed E-state index contributed by atoms with van der Waals surface area (Å²) in [5.74, 6) is 0.844. The highest BCUT2D eigenvalue weighted by atomic mass is 14.8. The van der Waals surface area contributed by atoms with Gasteiger partial charge in [-0.05, 0) is 25.0 Å². The van der Waals surface area contributed by atoms with E-state index in [1.165, 1.54) is 12.8 Å². The highest BCUT2D eigenvalue weighted by Crippen LogP contribution is 2.10. The molecule has 0 fully saturated rings. The van der Waals surface area contributed by atoms with E-state index in [4.69, 9.17) is 0 Å². The van der Waals surface area contributed by atoms with Crippen LogP contribution in [0.2, 0.25) is 0 Å². The molecular formula is C9H19N. The number of hydrogen-bond donors (Lipinski definition) is 1. The second-order valence-corrected chi connectivity index (χ2v) is 2.27. The van der Waals surface area contributed by atoms with Gasteiger partial charge in [0.15, 0.2) is 0 Å². The summed E-state index contributed by atoms with van der Waals surface area (Å²) in [4.78, 5) is 0. The lowest BCUT2D eigenvalue weighted by Gasteiger charge is -2.14. The van der Waals surface area contributed by atoms with Crippen molar-refractivity contribution in [1.29, 1.82) is 0 Å². The maximum atomic E-state index is 3.17. The van der Waals surface area contributed by atoms with Gasteiger partial charge in [-0.3, -0.25) is 0 Å². The maximum Gasteiger partial charge on any atom is 0.0146 e. The molecule has 10 heavy (non-hydrogen) atoms. The first-order valence-corrected chi connectivity index (χ1v) is 4.33. The van der Waals surface area contributed by atoms with E-state index in [1.807, 2.05) is 13.8 Å². The van der Waals surface area contributed by atoms with E-state index in [0.29, 0.717) is 0 Å². The van der Waals surface area contributed by atoms with Crippen molar-refractivity contribution >= 4 is 0 Å². The normalized spacial score (nSPS) is 22.5. The van der Waals surface area contributed by atoms with E-state index in [0.717, 1.165) is 12.5 Å². The summed E-state index contributed by atoms with van der Waals surface area (Å²) < 4.78 is 0. The summed E-state index contributed by atoms with van der Waals surface area (Å²) in [5.41, 5.74) is 0. The average molecular weight is 141 g/mol. The predicted octanol–water partition coefficient (Wildman–Crippen LogP) is 2.55. The molecule has 1 rings (SSSR count). The Morgan fingerprint density at radius 3 is 2.50 bits per heavy atom. The standard InChI is InChI=1S/C7H13N.C2H6/c1-2-7-3-5-8-6-4-7;1-2/h3,5,7-8H,2,4,6H2,1H3;1-2H3. The average Bonchev–Trinajstić information content (AvgIpc) is 2.10. The fourth-order valence-electron chi connectivity index (χ4n) is 0.993. The van der Waals surface area contributed by atoms with Crippen LogP contribution in [0.25, 0.3) is 0 Å². The molecule has 0 aliphatic carbocycles. The zero-order valence-electron chi connectivity index (χ0n) is 7.35. The molecule has 0 amide bonds. The van der Waals surface area contributed by atoms with Gasteiger partial charge in [-0.25, -0.2) is 0 Å². The van der Waals surface area contributed by atoms with Crippen molar-refractivity contribution in [2.75, 3.05) is 6.54 Å². The second kappa shape index (κ2) is 6.66. The molecule has 1 unspecified atom stereocenters. The third kappa shape index (κ3) is 3.54. The van der Waals surface area contributed by atoms with Crippen LogP contribution in [-0.2, 0) is 0 Å². The topological polar surface area (TPSA) is 12.0 Å². The van der Waals surface area contributed by atoms with Gasteiger partial charge in [0.2, 0.25) is 0 Å². The number of allylic oxidation sites excluding steroid dienone is 1. The van der Waals surface area contributed by atoms with Crippen LogP contribution in [0.15, 0.2) is 12.3 Å². The molecule has 1 atom stereocenters. The molecule has 0 aromatic carbocycles. The molecule has 1 aliphatic heterocycles. The minimum Gasteiger partial charge on any atom is -0.391 e. The molecule has 0 saturated heterocycles. The van der Waals surface area contributed by atoms with E-state index in [2.05, 4.69) is 24.5 Å². The highest BCUT2D eigenvalue weighted by molar-refractivity contribution is 4.90. The van der Waals surface area contributed by atoms with Crippen LogP contribution in [0.3, 0.4) is 0 Å². The van der Waals surface area contributed by atoms with Crippen LogP contribution in [0, 0.1) is 5.92 Å². The number of nitrogens with one attached hydrogen (secondary N) is 1. The fourth-order valence-corrected chi connectivity index (χ4v) is 0.993. The van der Waals surface area contributed by atoms with Crippen molar-refractivity contribution in [3.05, 3.63) is 12.3 Å². The van der Waals surface area contributed by atoms with Gasteiger partial charge in [-0.15, -0.1) is 0 Å². The van der Waals surface area contributed by atoms with Gasteiger partial charge in [-0.1, -0.05) is 26.8 Å². The molecule has 0 aromatic heterocycles. The smallest absolute Gasteiger partial charge is 0.0146 e. The Kier molecular flexibility index (Phi) is 6.35. The van der Waals surface area contributed by atoms with E-state index in [1.54, 1.807) is 0 Å². The molecule has 0 aromatic rings. The van der Waals surface area contributed by atoms with Crippen LogP contribution in [0.1, 0.15) is 33.6 Å². The minimum absolute atomic E-state index is 0.844. The van der Waals surface area contributed by atoms with Crippen LogP contribution in [-0.4, -0.2) is 6.54 Å². The Hall–Kier alpha value is -0.460. The molecule has 0 bridgehead atoms. The molecule has 60 valence electrons. The Bertz CT molecular complexity index is 86.7. The highest BCUT2D eigenvalue weighted by Gasteiger charge is 2.02. The third-order valence-electron chi connectivity index (χ3n) is 1.67. The summed E-state index contributed by atoms with van der Waals surface area (Å²) in [7, 11) is 0. The maximum absolute atomic E-state index is 3.17. The van der Waals surface area contributed by atoms with Gasteiger partial charge < -0.3 is 5.32 Å². The first-order chi connectivity index (χ1) is 4.93. The van der Waals surface area contributed by atoms with Gasteiger partial charge in [0.05, 0.1) is 0 Å². The van der Waals surface area contributed by atoms with Crippen LogP contribution < -0.4 is 5.32 Å². The minimum atomic E-state index is 0.844. The summed E-state index contributed by atoms with van der Waals surface area (Å²) in [5, 5.41) is 3.17. The van der Waals surface area contributed by atoms with E-state index in [-0.39, 0.29) is 0 Å². The Balaban J connectivity index is 0.000000371. The summed E-state index contributed by atoms with van der Waals surface area (Å²) in [6, 6.07) is 0. The fraction of sp³-hybridized carbons (Fsp3) is 0.778. The summed E-state index contributed by atoms with van der Waals surface area (Å²) in [6.07, 6.45) is 6.92. The molecule has 0 saturated carbocycles. The van der Waals surface area contributed by atoms with Crippen molar-refractivity contribution < 1.29 is 0 Å². The quantitative estimate of drug-likeness (QED) is 0.591. The monoisotopic (exact) mass is 141 g/mol. The molecule has 1 heterocycles. The van der Waals surface area contributed by atoms with E-state index < -0.39 is 0 Å². The number of rotatable bonds is 1. The Morgan fingerprint density at radius 2 is 2.20 bits per heavy atom. The van der Waals surface area contributed by atoms with Crippen molar-refractivity contribution in [3.63, 3.8) is 0 Å². The lowest BCUT2D eigenvalue weighted by atomic mass is 10.0. The van der Waals surface area contributed by atoms with E-state index in [9.17, 15) is 0 Å². The van der Waals surface area contributed by atoms with Crippen molar-refractivity contribution in [2.24, 2.45) is 5.92 Å². The molecule has 1 N–H and O–H groups in total. The van der Waals surface area contributed by atoms with Gasteiger partial charge in [-0.2, -0.15) is 0 Å². The first kappa shape index (κ1) is 9.54. The van der Waals surface area contributed by atoms with Gasteiger partial charge in [0, 0.05) is 6.54 Å². The Morgan fingerprint density at radius 1 is 1.50 bits per heavy atom. The zero-order chi connectivity index (χ0) is 7.82. The van der Waals surface area contributed by atoms with Gasteiger partial charge in [0.1, 0.15) is 0 Å². The van der Waals surface area contributed by atoms with Gasteiger partial charge >= 0.3 is 0 Å².